The van der Waals surface area contributed by atoms with Crippen molar-refractivity contribution < 1.29 is 22.8 Å². The van der Waals surface area contributed by atoms with E-state index in [0.29, 0.717) is 23.6 Å². The number of quaternary nitrogens is 1. The Kier molecular flexibility index (Phi) is 6.30. The fourth-order valence-corrected chi connectivity index (χ4v) is 5.49. The molecule has 30 heavy (non-hydrogen) atoms. The Balaban J connectivity index is 2.13. The van der Waals surface area contributed by atoms with Crippen molar-refractivity contribution in [1.82, 2.24) is 9.37 Å². The van der Waals surface area contributed by atoms with Gasteiger partial charge in [-0.3, -0.25) is 4.79 Å². The highest BCUT2D eigenvalue weighted by molar-refractivity contribution is 7.90. The molecule has 0 aromatic heterocycles. The molecule has 0 spiro atoms. The van der Waals surface area contributed by atoms with Gasteiger partial charge in [0.25, 0.3) is 5.91 Å². The summed E-state index contributed by atoms with van der Waals surface area (Å²) in [6.45, 7) is 6.32. The third-order valence-electron chi connectivity index (χ3n) is 5.05. The van der Waals surface area contributed by atoms with Crippen LogP contribution in [0.15, 0.2) is 65.1 Å². The summed E-state index contributed by atoms with van der Waals surface area (Å²) in [6.07, 6.45) is 1.91. The molecule has 8 heteroatoms. The van der Waals surface area contributed by atoms with Crippen LogP contribution in [0.25, 0.3) is 0 Å². The summed E-state index contributed by atoms with van der Waals surface area (Å²) in [4.78, 5) is 18.0. The molecule has 1 N–H and O–H groups in total. The molecule has 3 rings (SSSR count). The standard InChI is InChI=1S/C22H26N2O5S/c1-5-28-20-10-8-19(9-11-20)24(17(3)14-16(2)15-29-24)30(26,27)21-12-6-18(7-13-21)22(25)23-4/h6-14,17H,5,15H2,1-4H3/p+1. The van der Waals surface area contributed by atoms with Gasteiger partial charge in [-0.25, -0.2) is 0 Å². The Labute approximate surface area is 177 Å². The van der Waals surface area contributed by atoms with E-state index in [4.69, 9.17) is 9.57 Å². The van der Waals surface area contributed by atoms with Crippen LogP contribution in [0.2, 0.25) is 0 Å². The quantitative estimate of drug-likeness (QED) is 0.560. The molecule has 1 heterocycles. The smallest absolute Gasteiger partial charge is 0.362 e. The molecule has 2 unspecified atom stereocenters. The summed E-state index contributed by atoms with van der Waals surface area (Å²) in [5, 5.41) is 2.53. The molecular formula is C22H27N2O5S+. The molecule has 1 amide bonds. The number of nitrogens with one attached hydrogen (secondary N) is 1. The van der Waals surface area contributed by atoms with Crippen molar-refractivity contribution in [3.05, 3.63) is 65.7 Å². The molecule has 2 atom stereocenters. The monoisotopic (exact) mass is 431 g/mol. The van der Waals surface area contributed by atoms with Gasteiger partial charge in [0.05, 0.1) is 6.61 Å². The Hall–Kier alpha value is -2.68. The molecule has 0 aliphatic carbocycles. The zero-order valence-corrected chi connectivity index (χ0v) is 18.4. The van der Waals surface area contributed by atoms with Crippen molar-refractivity contribution in [1.29, 1.82) is 0 Å². The largest absolute Gasteiger partial charge is 0.494 e. The predicted octanol–water partition coefficient (Wildman–Crippen LogP) is 3.42. The first-order valence-corrected chi connectivity index (χ1v) is 11.2. The first kappa shape index (κ1) is 22.0. The number of carbonyl (C=O) groups is 1. The molecular weight excluding hydrogens is 404 g/mol. The van der Waals surface area contributed by atoms with Crippen molar-refractivity contribution in [2.45, 2.75) is 31.7 Å². The molecule has 0 saturated heterocycles. The van der Waals surface area contributed by atoms with E-state index in [1.165, 1.54) is 31.3 Å². The number of benzene rings is 2. The van der Waals surface area contributed by atoms with E-state index in [1.807, 2.05) is 26.8 Å². The predicted molar refractivity (Wildman–Crippen MR) is 116 cm³/mol. The number of carbonyl (C=O) groups excluding carboxylic acids is 1. The Bertz CT molecular complexity index is 1050. The molecule has 0 radical (unpaired) electrons. The number of sulfonamides is 1. The SMILES string of the molecule is CCOc1ccc([N+]2(S(=O)(=O)c3ccc(C(=O)NC)cc3)OCC(C)=CC2C)cc1. The van der Waals surface area contributed by atoms with Gasteiger partial charge < -0.3 is 10.1 Å². The van der Waals surface area contributed by atoms with Gasteiger partial charge in [-0.1, -0.05) is 0 Å². The normalized spacial score (nSPS) is 21.6. The van der Waals surface area contributed by atoms with Gasteiger partial charge in [-0.2, -0.15) is 13.3 Å². The van der Waals surface area contributed by atoms with Gasteiger partial charge in [0.15, 0.2) is 11.7 Å². The second-order valence-corrected chi connectivity index (χ2v) is 9.09. The van der Waals surface area contributed by atoms with Crippen molar-refractivity contribution in [3.63, 3.8) is 0 Å². The number of ether oxygens (including phenoxy) is 1. The van der Waals surface area contributed by atoms with Crippen molar-refractivity contribution >= 4 is 21.6 Å². The molecule has 1 aliphatic heterocycles. The van der Waals surface area contributed by atoms with Gasteiger partial charge in [-0.15, -0.1) is 0 Å². The Morgan fingerprint density at radius 1 is 1.17 bits per heavy atom. The molecule has 0 fully saturated rings. The van der Waals surface area contributed by atoms with E-state index < -0.39 is 20.1 Å². The Morgan fingerprint density at radius 2 is 1.80 bits per heavy atom. The summed E-state index contributed by atoms with van der Waals surface area (Å²) in [7, 11) is -2.50. The van der Waals surface area contributed by atoms with E-state index >= 15 is 0 Å². The van der Waals surface area contributed by atoms with E-state index in [0.717, 1.165) is 5.57 Å². The van der Waals surface area contributed by atoms with E-state index in [9.17, 15) is 13.2 Å². The van der Waals surface area contributed by atoms with Gasteiger partial charge in [0, 0.05) is 24.7 Å². The molecule has 0 bridgehead atoms. The van der Waals surface area contributed by atoms with E-state index in [1.54, 1.807) is 24.3 Å². The van der Waals surface area contributed by atoms with Gasteiger partial charge in [0.1, 0.15) is 17.3 Å². The molecule has 0 saturated carbocycles. The van der Waals surface area contributed by atoms with Gasteiger partial charge in [-0.05, 0) is 72.9 Å². The highest BCUT2D eigenvalue weighted by Crippen LogP contribution is 2.39. The maximum absolute atomic E-state index is 13.9. The number of nitrogens with zero attached hydrogens (tertiary/aromatic N) is 1. The van der Waals surface area contributed by atoms with Crippen molar-refractivity contribution in [2.75, 3.05) is 20.3 Å². The van der Waals surface area contributed by atoms with Crippen molar-refractivity contribution in [2.24, 2.45) is 0 Å². The van der Waals surface area contributed by atoms with Crippen LogP contribution < -0.4 is 14.1 Å². The second kappa shape index (κ2) is 8.59. The molecule has 7 nitrogen and oxygen atoms in total. The van der Waals surface area contributed by atoms with Crippen molar-refractivity contribution in [3.8, 4) is 5.75 Å². The highest BCUT2D eigenvalue weighted by Gasteiger charge is 2.53. The van der Waals surface area contributed by atoms with Crippen LogP contribution >= 0.6 is 0 Å². The number of hydroxylamine groups is 1. The zero-order chi connectivity index (χ0) is 21.9. The average Bonchev–Trinajstić information content (AvgIpc) is 2.74. The minimum Gasteiger partial charge on any atom is -0.494 e. The fraction of sp³-hybridized carbons (Fsp3) is 0.318. The molecule has 2 aromatic carbocycles. The lowest BCUT2D eigenvalue weighted by atomic mass is 10.1. The lowest BCUT2D eigenvalue weighted by Crippen LogP contribution is -2.60. The summed E-state index contributed by atoms with van der Waals surface area (Å²) in [5.74, 6) is 0.374. The van der Waals surface area contributed by atoms with Crippen LogP contribution in [0.5, 0.6) is 5.75 Å². The fourth-order valence-electron chi connectivity index (χ4n) is 3.61. The maximum Gasteiger partial charge on any atom is 0.362 e. The van der Waals surface area contributed by atoms with Crippen LogP contribution in [0.1, 0.15) is 31.1 Å². The maximum atomic E-state index is 13.9. The molecule has 160 valence electrons. The van der Waals surface area contributed by atoms with Gasteiger partial charge in [0.2, 0.25) is 0 Å². The number of hydrogen-bond donors (Lipinski definition) is 1. The zero-order valence-electron chi connectivity index (χ0n) is 17.6. The molecule has 2 aromatic rings. The van der Waals surface area contributed by atoms with Crippen LogP contribution in [0.3, 0.4) is 0 Å². The third-order valence-corrected chi connectivity index (χ3v) is 7.28. The Morgan fingerprint density at radius 3 is 2.33 bits per heavy atom. The number of amides is 1. The van der Waals surface area contributed by atoms with E-state index in [2.05, 4.69) is 5.32 Å². The van der Waals surface area contributed by atoms with Crippen LogP contribution in [-0.2, 0) is 14.9 Å². The van der Waals surface area contributed by atoms with Crippen LogP contribution in [0, 0.1) is 0 Å². The van der Waals surface area contributed by atoms with E-state index in [-0.39, 0.29) is 17.4 Å². The summed E-state index contributed by atoms with van der Waals surface area (Å²) >= 11 is 0. The first-order chi connectivity index (χ1) is 14.3. The summed E-state index contributed by atoms with van der Waals surface area (Å²) < 4.78 is 32.5. The number of rotatable bonds is 6. The lowest BCUT2D eigenvalue weighted by Gasteiger charge is -2.39. The topological polar surface area (TPSA) is 81.7 Å². The third kappa shape index (κ3) is 3.74. The highest BCUT2D eigenvalue weighted by atomic mass is 32.2. The average molecular weight is 432 g/mol. The minimum absolute atomic E-state index is 0.0730. The van der Waals surface area contributed by atoms with Crippen LogP contribution in [-0.4, -0.2) is 40.6 Å². The summed E-state index contributed by atoms with van der Waals surface area (Å²) in [6, 6.07) is 12.3. The first-order valence-electron chi connectivity index (χ1n) is 9.77. The molecule has 1 aliphatic rings. The second-order valence-electron chi connectivity index (χ2n) is 7.13. The van der Waals surface area contributed by atoms with Gasteiger partial charge >= 0.3 is 10.0 Å². The summed E-state index contributed by atoms with van der Waals surface area (Å²) in [5.41, 5.74) is 1.82. The number of hydrogen-bond acceptors (Lipinski definition) is 5. The minimum atomic E-state index is -4.03. The lowest BCUT2D eigenvalue weighted by molar-refractivity contribution is -0.0881. The van der Waals surface area contributed by atoms with Crippen LogP contribution in [0.4, 0.5) is 5.69 Å².